The fourth-order valence-corrected chi connectivity index (χ4v) is 3.63. The van der Waals surface area contributed by atoms with E-state index in [1.807, 2.05) is 13.1 Å². The highest BCUT2D eigenvalue weighted by Crippen LogP contribution is 2.49. The number of terminal acetylenes is 1. The molecule has 2 heteroatoms. The topological polar surface area (TPSA) is 20.2 Å². The fraction of sp³-hybridized carbons (Fsp3) is 0.867. The van der Waals surface area contributed by atoms with Gasteiger partial charge in [-0.05, 0) is 50.2 Å². The molecule has 0 saturated heterocycles. The molecule has 0 atom stereocenters. The molecule has 0 radical (unpaired) electrons. The normalized spacial score (nSPS) is 14.6. The van der Waals surface area contributed by atoms with Crippen molar-refractivity contribution in [2.45, 2.75) is 72.5 Å². The molecule has 17 heavy (non-hydrogen) atoms. The first-order valence-corrected chi connectivity index (χ1v) is 9.37. The molecule has 0 fully saturated rings. The van der Waals surface area contributed by atoms with Crippen molar-refractivity contribution in [2.75, 3.05) is 0 Å². The molecule has 0 aromatic rings. The van der Waals surface area contributed by atoms with Crippen LogP contribution in [0.2, 0.25) is 18.1 Å². The van der Waals surface area contributed by atoms with Crippen molar-refractivity contribution < 1.29 is 4.80 Å². The molecule has 1 nitrogen and oxygen atoms in total. The van der Waals surface area contributed by atoms with Crippen LogP contribution in [0.3, 0.4) is 0 Å². The Labute approximate surface area is 109 Å². The molecule has 0 spiro atoms. The Morgan fingerprint density at radius 3 is 1.71 bits per heavy atom. The van der Waals surface area contributed by atoms with Crippen LogP contribution in [0.25, 0.3) is 0 Å². The SMILES string of the molecule is C#CC(C)(C)CC(C)(C)CC(C)(C)[Si](C)(C)O. The second kappa shape index (κ2) is 4.78. The minimum absolute atomic E-state index is 0.0151. The first-order chi connectivity index (χ1) is 7.22. The Bertz CT molecular complexity index is 300. The third-order valence-electron chi connectivity index (χ3n) is 3.89. The van der Waals surface area contributed by atoms with Crippen LogP contribution in [0.4, 0.5) is 0 Å². The van der Waals surface area contributed by atoms with Crippen molar-refractivity contribution in [3.63, 3.8) is 0 Å². The predicted octanol–water partition coefficient (Wildman–Crippen LogP) is 4.43. The molecule has 100 valence electrons. The van der Waals surface area contributed by atoms with Crippen LogP contribution >= 0.6 is 0 Å². The number of hydrogen-bond acceptors (Lipinski definition) is 1. The van der Waals surface area contributed by atoms with Crippen LogP contribution in [0.1, 0.15) is 54.4 Å². The zero-order valence-corrected chi connectivity index (χ0v) is 13.9. The van der Waals surface area contributed by atoms with Gasteiger partial charge >= 0.3 is 0 Å². The molecule has 0 aromatic carbocycles. The summed E-state index contributed by atoms with van der Waals surface area (Å²) in [5.74, 6) is 2.87. The summed E-state index contributed by atoms with van der Waals surface area (Å²) in [5.41, 5.74) is 0.0904. The summed E-state index contributed by atoms with van der Waals surface area (Å²) in [7, 11) is -2.13. The molecule has 0 aromatic heterocycles. The van der Waals surface area contributed by atoms with Crippen LogP contribution < -0.4 is 0 Å². The van der Waals surface area contributed by atoms with E-state index in [1.165, 1.54) is 0 Å². The standard InChI is InChI=1S/C15H30OSi/c1-10-13(2,3)11-14(4,5)12-15(6,7)17(8,9)16/h1,16H,11-12H2,2-9H3. The van der Waals surface area contributed by atoms with Gasteiger partial charge in [0.2, 0.25) is 0 Å². The Morgan fingerprint density at radius 1 is 1.00 bits per heavy atom. The highest BCUT2D eigenvalue weighted by atomic mass is 28.4. The summed E-state index contributed by atoms with van der Waals surface area (Å²) in [6.45, 7) is 17.2. The highest BCUT2D eigenvalue weighted by molar-refractivity contribution is 6.72. The number of hydrogen-bond donors (Lipinski definition) is 1. The smallest absolute Gasteiger partial charge is 0.188 e. The maximum atomic E-state index is 10.4. The molecule has 0 aliphatic carbocycles. The van der Waals surface area contributed by atoms with Crippen LogP contribution in [0, 0.1) is 23.2 Å². The quantitative estimate of drug-likeness (QED) is 0.568. The zero-order valence-electron chi connectivity index (χ0n) is 12.9. The second-order valence-corrected chi connectivity index (χ2v) is 12.5. The molecule has 0 saturated carbocycles. The van der Waals surface area contributed by atoms with Crippen molar-refractivity contribution in [1.29, 1.82) is 0 Å². The fourth-order valence-electron chi connectivity index (χ4n) is 2.72. The molecule has 1 N–H and O–H groups in total. The van der Waals surface area contributed by atoms with Crippen molar-refractivity contribution in [1.82, 2.24) is 0 Å². The zero-order chi connectivity index (χ0) is 14.1. The van der Waals surface area contributed by atoms with E-state index in [-0.39, 0.29) is 15.9 Å². The lowest BCUT2D eigenvalue weighted by atomic mass is 9.71. The molecule has 0 aliphatic heterocycles. The largest absolute Gasteiger partial charge is 0.432 e. The van der Waals surface area contributed by atoms with E-state index in [0.717, 1.165) is 12.8 Å². The van der Waals surface area contributed by atoms with Gasteiger partial charge in [0.15, 0.2) is 8.32 Å². The van der Waals surface area contributed by atoms with E-state index in [0.29, 0.717) is 0 Å². The lowest BCUT2D eigenvalue weighted by Gasteiger charge is -2.43. The van der Waals surface area contributed by atoms with E-state index in [2.05, 4.69) is 47.5 Å². The molecule has 0 heterocycles. The third-order valence-corrected chi connectivity index (χ3v) is 7.38. The van der Waals surface area contributed by atoms with Crippen LogP contribution in [0.5, 0.6) is 0 Å². The van der Waals surface area contributed by atoms with Gasteiger partial charge in [0.25, 0.3) is 0 Å². The van der Waals surface area contributed by atoms with E-state index in [1.54, 1.807) is 0 Å². The van der Waals surface area contributed by atoms with Crippen molar-refractivity contribution in [3.8, 4) is 12.3 Å². The van der Waals surface area contributed by atoms with Gasteiger partial charge in [0, 0.05) is 5.41 Å². The molecule has 0 amide bonds. The van der Waals surface area contributed by atoms with Gasteiger partial charge in [0.1, 0.15) is 0 Å². The van der Waals surface area contributed by atoms with Gasteiger partial charge in [-0.2, -0.15) is 0 Å². The Morgan fingerprint density at radius 2 is 1.41 bits per heavy atom. The van der Waals surface area contributed by atoms with Crippen molar-refractivity contribution in [3.05, 3.63) is 0 Å². The van der Waals surface area contributed by atoms with Gasteiger partial charge in [-0.3, -0.25) is 0 Å². The molecule has 0 rings (SSSR count). The maximum Gasteiger partial charge on any atom is 0.188 e. The first-order valence-electron chi connectivity index (χ1n) is 6.43. The van der Waals surface area contributed by atoms with Gasteiger partial charge in [-0.1, -0.05) is 27.7 Å². The summed E-state index contributed by atoms with van der Waals surface area (Å²) in [6.07, 6.45) is 7.58. The van der Waals surface area contributed by atoms with E-state index < -0.39 is 8.32 Å². The Kier molecular flexibility index (Phi) is 4.71. The summed E-state index contributed by atoms with van der Waals surface area (Å²) in [4.78, 5) is 10.4. The average molecular weight is 254 g/mol. The molecule has 0 aliphatic rings. The monoisotopic (exact) mass is 254 g/mol. The van der Waals surface area contributed by atoms with Crippen molar-refractivity contribution in [2.24, 2.45) is 10.8 Å². The lowest BCUT2D eigenvalue weighted by Crippen LogP contribution is -2.42. The summed E-state index contributed by atoms with van der Waals surface area (Å²) in [6, 6.07) is 0. The summed E-state index contributed by atoms with van der Waals surface area (Å²) < 4.78 is 0. The minimum atomic E-state index is -2.13. The number of rotatable bonds is 5. The molecule has 0 bridgehead atoms. The summed E-state index contributed by atoms with van der Waals surface area (Å²) >= 11 is 0. The molecule has 0 unspecified atom stereocenters. The van der Waals surface area contributed by atoms with Crippen LogP contribution in [0.15, 0.2) is 0 Å². The lowest BCUT2D eigenvalue weighted by molar-refractivity contribution is 0.199. The first kappa shape index (κ1) is 16.7. The van der Waals surface area contributed by atoms with E-state index in [9.17, 15) is 4.80 Å². The Balaban J connectivity index is 4.85. The van der Waals surface area contributed by atoms with Crippen LogP contribution in [-0.4, -0.2) is 13.1 Å². The van der Waals surface area contributed by atoms with E-state index >= 15 is 0 Å². The van der Waals surface area contributed by atoms with Gasteiger partial charge in [0.05, 0.1) is 0 Å². The summed E-state index contributed by atoms with van der Waals surface area (Å²) in [5, 5.41) is 0.0151. The van der Waals surface area contributed by atoms with Gasteiger partial charge in [-0.25, -0.2) is 0 Å². The van der Waals surface area contributed by atoms with Crippen molar-refractivity contribution >= 4 is 8.32 Å². The third kappa shape index (κ3) is 5.27. The second-order valence-electron chi connectivity index (χ2n) is 7.99. The molecular weight excluding hydrogens is 224 g/mol. The van der Waals surface area contributed by atoms with E-state index in [4.69, 9.17) is 6.42 Å². The minimum Gasteiger partial charge on any atom is -0.432 e. The average Bonchev–Trinajstić information content (AvgIpc) is 1.97. The van der Waals surface area contributed by atoms with Gasteiger partial charge < -0.3 is 4.80 Å². The maximum absolute atomic E-state index is 10.4. The van der Waals surface area contributed by atoms with Crippen LogP contribution in [-0.2, 0) is 0 Å². The Hall–Kier alpha value is -0.263. The predicted molar refractivity (Wildman–Crippen MR) is 79.4 cm³/mol. The highest BCUT2D eigenvalue weighted by Gasteiger charge is 2.42. The molecular formula is C15H30OSi. The van der Waals surface area contributed by atoms with Gasteiger partial charge in [-0.15, -0.1) is 12.3 Å².